The standard InChI is InChI=1S/C19H20ClNO5S/c1-13(15-6-4-5-7-16(15)20)26-19(22)11-9-14-8-10-17(25-3)18(12-14)27(23,24)21-2/h4-13,21H,1-3H3/b11-9+/t13-/m1/s1. The summed E-state index contributed by atoms with van der Waals surface area (Å²) >= 11 is 6.09. The summed E-state index contributed by atoms with van der Waals surface area (Å²) in [5.74, 6) is -0.368. The molecular formula is C19H20ClNO5S. The van der Waals surface area contributed by atoms with Crippen LogP contribution in [0.5, 0.6) is 5.75 Å². The first-order valence-corrected chi connectivity index (χ1v) is 9.89. The van der Waals surface area contributed by atoms with Gasteiger partial charge < -0.3 is 9.47 Å². The number of methoxy groups -OCH3 is 1. The highest BCUT2D eigenvalue weighted by Crippen LogP contribution is 2.26. The summed E-state index contributed by atoms with van der Waals surface area (Å²) in [5.41, 5.74) is 1.21. The van der Waals surface area contributed by atoms with E-state index < -0.39 is 22.1 Å². The summed E-state index contributed by atoms with van der Waals surface area (Å²) in [7, 11) is -1.01. The van der Waals surface area contributed by atoms with Crippen LogP contribution in [0.4, 0.5) is 0 Å². The maximum atomic E-state index is 12.1. The molecule has 144 valence electrons. The van der Waals surface area contributed by atoms with Crippen molar-refractivity contribution in [1.29, 1.82) is 0 Å². The molecular weight excluding hydrogens is 390 g/mol. The smallest absolute Gasteiger partial charge is 0.331 e. The third-order valence-corrected chi connectivity index (χ3v) is 5.57. The quantitative estimate of drug-likeness (QED) is 0.558. The second-order valence-corrected chi connectivity index (χ2v) is 7.81. The Morgan fingerprint density at radius 2 is 1.93 bits per heavy atom. The predicted octanol–water partition coefficient (Wildman–Crippen LogP) is 3.57. The highest BCUT2D eigenvalue weighted by atomic mass is 35.5. The average Bonchev–Trinajstić information content (AvgIpc) is 2.66. The van der Waals surface area contributed by atoms with Crippen molar-refractivity contribution in [3.8, 4) is 5.75 Å². The summed E-state index contributed by atoms with van der Waals surface area (Å²) in [6.45, 7) is 1.72. The summed E-state index contributed by atoms with van der Waals surface area (Å²) in [5, 5.41) is 0.513. The number of ether oxygens (including phenoxy) is 2. The number of rotatable bonds is 7. The fourth-order valence-electron chi connectivity index (χ4n) is 2.36. The maximum absolute atomic E-state index is 12.1. The van der Waals surface area contributed by atoms with Crippen LogP contribution in [0.15, 0.2) is 53.4 Å². The van der Waals surface area contributed by atoms with Crippen molar-refractivity contribution in [3.05, 3.63) is 64.7 Å². The Bertz CT molecular complexity index is 956. The van der Waals surface area contributed by atoms with E-state index in [9.17, 15) is 13.2 Å². The van der Waals surface area contributed by atoms with Crippen LogP contribution in [0, 0.1) is 0 Å². The fraction of sp³-hybridized carbons (Fsp3) is 0.211. The van der Waals surface area contributed by atoms with Gasteiger partial charge in [0.25, 0.3) is 0 Å². The molecule has 0 spiro atoms. The number of hydrogen-bond acceptors (Lipinski definition) is 5. The van der Waals surface area contributed by atoms with Crippen molar-refractivity contribution in [2.75, 3.05) is 14.2 Å². The third-order valence-electron chi connectivity index (χ3n) is 3.79. The Labute approximate surface area is 163 Å². The molecule has 27 heavy (non-hydrogen) atoms. The van der Waals surface area contributed by atoms with Crippen LogP contribution in [0.1, 0.15) is 24.2 Å². The highest BCUT2D eigenvalue weighted by molar-refractivity contribution is 7.89. The van der Waals surface area contributed by atoms with Gasteiger partial charge in [0.05, 0.1) is 7.11 Å². The van der Waals surface area contributed by atoms with E-state index in [0.717, 1.165) is 0 Å². The van der Waals surface area contributed by atoms with Gasteiger partial charge in [-0.3, -0.25) is 0 Å². The zero-order valence-corrected chi connectivity index (χ0v) is 16.7. The Morgan fingerprint density at radius 1 is 1.22 bits per heavy atom. The van der Waals surface area contributed by atoms with Crippen LogP contribution in [0.25, 0.3) is 6.08 Å². The summed E-state index contributed by atoms with van der Waals surface area (Å²) < 4.78 is 36.8. The van der Waals surface area contributed by atoms with E-state index >= 15 is 0 Å². The van der Waals surface area contributed by atoms with Crippen molar-refractivity contribution in [3.63, 3.8) is 0 Å². The minimum atomic E-state index is -3.70. The molecule has 0 unspecified atom stereocenters. The molecule has 0 fully saturated rings. The van der Waals surface area contributed by atoms with Crippen molar-refractivity contribution in [2.45, 2.75) is 17.9 Å². The molecule has 2 rings (SSSR count). The van der Waals surface area contributed by atoms with E-state index in [1.165, 1.54) is 38.4 Å². The number of halogens is 1. The van der Waals surface area contributed by atoms with E-state index in [-0.39, 0.29) is 10.6 Å². The molecule has 0 heterocycles. The molecule has 0 radical (unpaired) electrons. The topological polar surface area (TPSA) is 81.7 Å². The Morgan fingerprint density at radius 3 is 2.56 bits per heavy atom. The van der Waals surface area contributed by atoms with Crippen LogP contribution in [-0.2, 0) is 19.6 Å². The molecule has 0 saturated heterocycles. The lowest BCUT2D eigenvalue weighted by atomic mass is 10.1. The number of carbonyl (C=O) groups excluding carboxylic acids is 1. The third kappa shape index (κ3) is 5.32. The zero-order chi connectivity index (χ0) is 20.0. The van der Waals surface area contributed by atoms with Crippen molar-refractivity contribution in [2.24, 2.45) is 0 Å². The van der Waals surface area contributed by atoms with Crippen molar-refractivity contribution >= 4 is 33.7 Å². The molecule has 2 aromatic carbocycles. The lowest BCUT2D eigenvalue weighted by molar-refractivity contribution is -0.142. The molecule has 6 nitrogen and oxygen atoms in total. The van der Waals surface area contributed by atoms with E-state index in [1.54, 1.807) is 31.2 Å². The molecule has 8 heteroatoms. The van der Waals surface area contributed by atoms with Crippen LogP contribution in [0.2, 0.25) is 5.02 Å². The fourth-order valence-corrected chi connectivity index (χ4v) is 3.58. The first-order valence-electron chi connectivity index (χ1n) is 8.03. The second kappa shape index (κ2) is 9.03. The molecule has 0 amide bonds. The van der Waals surface area contributed by atoms with Gasteiger partial charge in [-0.15, -0.1) is 0 Å². The van der Waals surface area contributed by atoms with Crippen LogP contribution in [0.3, 0.4) is 0 Å². The number of carbonyl (C=O) groups is 1. The van der Waals surface area contributed by atoms with Gasteiger partial charge in [-0.2, -0.15) is 0 Å². The minimum Gasteiger partial charge on any atom is -0.495 e. The number of benzene rings is 2. The number of hydrogen-bond donors (Lipinski definition) is 1. The van der Waals surface area contributed by atoms with Gasteiger partial charge in [0, 0.05) is 16.7 Å². The monoisotopic (exact) mass is 409 g/mol. The molecule has 0 bridgehead atoms. The van der Waals surface area contributed by atoms with Gasteiger partial charge in [-0.1, -0.05) is 35.9 Å². The summed E-state index contributed by atoms with van der Waals surface area (Å²) in [6, 6.07) is 11.7. The largest absolute Gasteiger partial charge is 0.495 e. The van der Waals surface area contributed by atoms with E-state index in [2.05, 4.69) is 4.72 Å². The number of esters is 1. The maximum Gasteiger partial charge on any atom is 0.331 e. The molecule has 0 aliphatic heterocycles. The van der Waals surface area contributed by atoms with Crippen LogP contribution < -0.4 is 9.46 Å². The lowest BCUT2D eigenvalue weighted by Crippen LogP contribution is -2.19. The van der Waals surface area contributed by atoms with E-state index in [0.29, 0.717) is 16.1 Å². The van der Waals surface area contributed by atoms with Gasteiger partial charge in [0.2, 0.25) is 10.0 Å². The van der Waals surface area contributed by atoms with Gasteiger partial charge >= 0.3 is 5.97 Å². The molecule has 0 aliphatic rings. The molecule has 0 aliphatic carbocycles. The molecule has 1 atom stereocenters. The van der Waals surface area contributed by atoms with Crippen LogP contribution in [-0.4, -0.2) is 28.5 Å². The Balaban J connectivity index is 2.17. The molecule has 1 N–H and O–H groups in total. The second-order valence-electron chi connectivity index (χ2n) is 5.55. The first kappa shape index (κ1) is 21.0. The average molecular weight is 410 g/mol. The van der Waals surface area contributed by atoms with Crippen LogP contribution >= 0.6 is 11.6 Å². The highest BCUT2D eigenvalue weighted by Gasteiger charge is 2.18. The van der Waals surface area contributed by atoms with Gasteiger partial charge in [0.1, 0.15) is 16.7 Å². The van der Waals surface area contributed by atoms with Crippen molar-refractivity contribution in [1.82, 2.24) is 4.72 Å². The van der Waals surface area contributed by atoms with Crippen molar-refractivity contribution < 1.29 is 22.7 Å². The minimum absolute atomic E-state index is 0.0209. The summed E-state index contributed by atoms with van der Waals surface area (Å²) in [6.07, 6.45) is 2.17. The summed E-state index contributed by atoms with van der Waals surface area (Å²) in [4.78, 5) is 12.0. The van der Waals surface area contributed by atoms with E-state index in [4.69, 9.17) is 21.1 Å². The first-order chi connectivity index (χ1) is 12.8. The molecule has 0 saturated carbocycles. The number of nitrogens with one attached hydrogen (secondary N) is 1. The van der Waals surface area contributed by atoms with Gasteiger partial charge in [-0.05, 0) is 43.8 Å². The SMILES string of the molecule is CNS(=O)(=O)c1cc(/C=C/C(=O)O[C@H](C)c2ccccc2Cl)ccc1OC. The lowest BCUT2D eigenvalue weighted by Gasteiger charge is -2.13. The van der Waals surface area contributed by atoms with Gasteiger partial charge in [-0.25, -0.2) is 17.9 Å². The molecule has 2 aromatic rings. The Kier molecular flexibility index (Phi) is 7.01. The normalized spacial score (nSPS) is 12.7. The van der Waals surface area contributed by atoms with E-state index in [1.807, 2.05) is 6.07 Å². The predicted molar refractivity (Wildman–Crippen MR) is 104 cm³/mol. The van der Waals surface area contributed by atoms with Gasteiger partial charge in [0.15, 0.2) is 0 Å². The zero-order valence-electron chi connectivity index (χ0n) is 15.1. The number of sulfonamides is 1. The molecule has 0 aromatic heterocycles. The Hall–Kier alpha value is -2.35.